The fraction of sp³-hybridized carbons (Fsp3) is 0.263. The van der Waals surface area contributed by atoms with E-state index in [0.29, 0.717) is 28.3 Å². The number of imide groups is 1. The van der Waals surface area contributed by atoms with Crippen molar-refractivity contribution >= 4 is 28.8 Å². The lowest BCUT2D eigenvalue weighted by atomic mass is 9.79. The highest BCUT2D eigenvalue weighted by Gasteiger charge is 2.71. The molecule has 0 aliphatic carbocycles. The zero-order valence-electron chi connectivity index (χ0n) is 14.0. The Morgan fingerprint density at radius 1 is 1.22 bits per heavy atom. The van der Waals surface area contributed by atoms with Gasteiger partial charge in [-0.15, -0.1) is 0 Å². The van der Waals surface area contributed by atoms with E-state index in [2.05, 4.69) is 11.4 Å². The predicted molar refractivity (Wildman–Crippen MR) is 92.6 cm³/mol. The predicted octanol–water partition coefficient (Wildman–Crippen LogP) is 1.59. The molecule has 0 spiro atoms. The first-order valence-corrected chi connectivity index (χ1v) is 8.56. The Kier molecular flexibility index (Phi) is 2.88. The van der Waals surface area contributed by atoms with Crippen molar-refractivity contribution in [1.29, 1.82) is 5.26 Å². The third-order valence-electron chi connectivity index (χ3n) is 5.99. The third kappa shape index (κ3) is 1.68. The Labute approximate surface area is 153 Å². The van der Waals surface area contributed by atoms with Gasteiger partial charge in [0.1, 0.15) is 0 Å². The summed E-state index contributed by atoms with van der Waals surface area (Å²) >= 11 is 0. The summed E-state index contributed by atoms with van der Waals surface area (Å²) in [5, 5.41) is 22.7. The molecule has 2 bridgehead atoms. The summed E-state index contributed by atoms with van der Waals surface area (Å²) in [6.07, 6.45) is -0.689. The number of nitriles is 1. The minimum atomic E-state index is -1.41. The van der Waals surface area contributed by atoms with E-state index in [1.54, 1.807) is 36.4 Å². The lowest BCUT2D eigenvalue weighted by molar-refractivity contribution is -0.130. The van der Waals surface area contributed by atoms with Gasteiger partial charge in [0, 0.05) is 6.54 Å². The molecule has 8 nitrogen and oxygen atoms in total. The van der Waals surface area contributed by atoms with Gasteiger partial charge in [-0.2, -0.15) is 5.26 Å². The molecule has 3 saturated heterocycles. The molecule has 0 aromatic heterocycles. The smallest absolute Gasteiger partial charge is 0.407 e. The number of piperazine rings is 1. The van der Waals surface area contributed by atoms with E-state index in [1.807, 2.05) is 0 Å². The number of urea groups is 1. The van der Waals surface area contributed by atoms with Crippen molar-refractivity contribution in [2.45, 2.75) is 24.0 Å². The van der Waals surface area contributed by atoms with Crippen LogP contribution in [0.3, 0.4) is 0 Å². The number of amides is 4. The number of carboxylic acid groups (broad SMARTS) is 1. The van der Waals surface area contributed by atoms with Crippen LogP contribution < -0.4 is 5.32 Å². The van der Waals surface area contributed by atoms with Crippen LogP contribution >= 0.6 is 0 Å². The molecule has 3 unspecified atom stereocenters. The van der Waals surface area contributed by atoms with Crippen molar-refractivity contribution in [2.75, 3.05) is 6.54 Å². The first-order valence-electron chi connectivity index (χ1n) is 8.56. The number of hydrogen-bond acceptors (Lipinski definition) is 4. The number of rotatable bonds is 1. The fourth-order valence-corrected chi connectivity index (χ4v) is 5.06. The van der Waals surface area contributed by atoms with Crippen LogP contribution in [-0.2, 0) is 10.3 Å². The molecule has 8 heteroatoms. The van der Waals surface area contributed by atoms with E-state index >= 15 is 0 Å². The molecule has 2 aromatic rings. The zero-order valence-corrected chi connectivity index (χ0v) is 14.0. The van der Waals surface area contributed by atoms with E-state index in [4.69, 9.17) is 0 Å². The standard InChI is InChI=1S/C19H14N4O4/c20-8-10-5-6-14(13-4-2-1-3-12(10)13)19-15-7-11(9-22(15)18(26)27)23(19)17(25)21-16(19)24/h1-6,11,15H,7,9H2,(H,26,27)(H,21,24,25). The second-order valence-corrected chi connectivity index (χ2v) is 7.05. The Morgan fingerprint density at radius 3 is 2.67 bits per heavy atom. The molecule has 3 heterocycles. The lowest BCUT2D eigenvalue weighted by Crippen LogP contribution is -2.62. The van der Waals surface area contributed by atoms with E-state index in [9.17, 15) is 24.8 Å². The van der Waals surface area contributed by atoms with Gasteiger partial charge in [-0.3, -0.25) is 19.9 Å². The molecule has 5 rings (SSSR count). The second kappa shape index (κ2) is 4.98. The van der Waals surface area contributed by atoms with Crippen LogP contribution in [-0.4, -0.2) is 51.6 Å². The topological polar surface area (TPSA) is 114 Å². The maximum absolute atomic E-state index is 13.1. The van der Waals surface area contributed by atoms with Gasteiger partial charge in [0.25, 0.3) is 5.91 Å². The monoisotopic (exact) mass is 362 g/mol. The average molecular weight is 362 g/mol. The van der Waals surface area contributed by atoms with Gasteiger partial charge < -0.3 is 5.11 Å². The number of benzene rings is 2. The first kappa shape index (κ1) is 15.6. The van der Waals surface area contributed by atoms with Crippen LogP contribution in [0.25, 0.3) is 10.8 Å². The van der Waals surface area contributed by atoms with E-state index < -0.39 is 29.6 Å². The molecular weight excluding hydrogens is 348 g/mol. The molecule has 3 aliphatic rings. The minimum Gasteiger partial charge on any atom is -0.465 e. The summed E-state index contributed by atoms with van der Waals surface area (Å²) in [5.41, 5.74) is -0.398. The molecule has 2 N–H and O–H groups in total. The van der Waals surface area contributed by atoms with Crippen LogP contribution in [0, 0.1) is 11.3 Å². The van der Waals surface area contributed by atoms with Gasteiger partial charge in [0.05, 0.1) is 23.7 Å². The quantitative estimate of drug-likeness (QED) is 0.748. The van der Waals surface area contributed by atoms with Crippen LogP contribution in [0.15, 0.2) is 36.4 Å². The summed E-state index contributed by atoms with van der Waals surface area (Å²) in [4.78, 5) is 40.1. The maximum atomic E-state index is 13.1. The van der Waals surface area contributed by atoms with Gasteiger partial charge in [-0.05, 0) is 28.8 Å². The molecule has 0 saturated carbocycles. The Bertz CT molecular complexity index is 1090. The molecular formula is C19H14N4O4. The van der Waals surface area contributed by atoms with Crippen molar-refractivity contribution in [3.8, 4) is 6.07 Å². The van der Waals surface area contributed by atoms with Gasteiger partial charge >= 0.3 is 12.1 Å². The molecule has 4 amide bonds. The second-order valence-electron chi connectivity index (χ2n) is 7.05. The Balaban J connectivity index is 1.84. The van der Waals surface area contributed by atoms with Gasteiger partial charge in [-0.1, -0.05) is 30.3 Å². The fourth-order valence-electron chi connectivity index (χ4n) is 5.06. The number of nitrogens with one attached hydrogen (secondary N) is 1. The number of likely N-dealkylation sites (tertiary alicyclic amines) is 1. The summed E-state index contributed by atoms with van der Waals surface area (Å²) in [6.45, 7) is 0.191. The van der Waals surface area contributed by atoms with Crippen molar-refractivity contribution in [2.24, 2.45) is 0 Å². The highest BCUT2D eigenvalue weighted by molar-refractivity contribution is 6.11. The number of carbonyl (C=O) groups is 3. The first-order chi connectivity index (χ1) is 13.0. The summed E-state index contributed by atoms with van der Waals surface area (Å²) in [6, 6.07) is 11.1. The van der Waals surface area contributed by atoms with Crippen LogP contribution in [0.2, 0.25) is 0 Å². The van der Waals surface area contributed by atoms with Crippen LogP contribution in [0.1, 0.15) is 17.5 Å². The van der Waals surface area contributed by atoms with E-state index in [-0.39, 0.29) is 12.6 Å². The minimum absolute atomic E-state index is 0.191. The van der Waals surface area contributed by atoms with Crippen LogP contribution in [0.4, 0.5) is 9.59 Å². The van der Waals surface area contributed by atoms with E-state index in [0.717, 1.165) is 0 Å². The van der Waals surface area contributed by atoms with Crippen molar-refractivity contribution in [3.05, 3.63) is 47.5 Å². The Morgan fingerprint density at radius 2 is 1.96 bits per heavy atom. The highest BCUT2D eigenvalue weighted by Crippen LogP contribution is 2.53. The Hall–Kier alpha value is -3.60. The maximum Gasteiger partial charge on any atom is 0.407 e. The third-order valence-corrected chi connectivity index (χ3v) is 5.99. The van der Waals surface area contributed by atoms with Crippen molar-refractivity contribution in [3.63, 3.8) is 0 Å². The molecule has 0 radical (unpaired) electrons. The van der Waals surface area contributed by atoms with Gasteiger partial charge in [0.15, 0.2) is 5.54 Å². The average Bonchev–Trinajstić information content (AvgIpc) is 3.31. The van der Waals surface area contributed by atoms with Gasteiger partial charge in [0.2, 0.25) is 0 Å². The van der Waals surface area contributed by atoms with Crippen molar-refractivity contribution < 1.29 is 19.5 Å². The largest absolute Gasteiger partial charge is 0.465 e. The number of fused-ring (bicyclic) bond motifs is 6. The molecule has 134 valence electrons. The molecule has 3 fully saturated rings. The molecule has 3 atom stereocenters. The summed E-state index contributed by atoms with van der Waals surface area (Å²) in [5.74, 6) is -0.513. The summed E-state index contributed by atoms with van der Waals surface area (Å²) in [7, 11) is 0. The molecule has 27 heavy (non-hydrogen) atoms. The SMILES string of the molecule is N#Cc1ccc(C23C(=O)NC(=O)N2C2CC3N(C(=O)O)C2)c2ccccc12. The highest BCUT2D eigenvalue weighted by atomic mass is 16.4. The van der Waals surface area contributed by atoms with E-state index in [1.165, 1.54) is 9.80 Å². The van der Waals surface area contributed by atoms with Crippen molar-refractivity contribution in [1.82, 2.24) is 15.1 Å². The number of hydrogen-bond donors (Lipinski definition) is 2. The zero-order chi connectivity index (χ0) is 18.9. The summed E-state index contributed by atoms with van der Waals surface area (Å²) < 4.78 is 0. The number of carbonyl (C=O) groups excluding carboxylic acids is 2. The van der Waals surface area contributed by atoms with Gasteiger partial charge in [-0.25, -0.2) is 9.59 Å². The number of nitrogens with zero attached hydrogens (tertiary/aromatic N) is 3. The normalized spacial score (nSPS) is 28.4. The molecule has 2 aromatic carbocycles. The molecule has 3 aliphatic heterocycles. The lowest BCUT2D eigenvalue weighted by Gasteiger charge is -2.43. The van der Waals surface area contributed by atoms with Crippen LogP contribution in [0.5, 0.6) is 0 Å².